The number of carbonyl (C=O) groups is 3. The number of likely N-dealkylation sites (tertiary alicyclic amines) is 2. The molecule has 2 aromatic heterocycles. The predicted octanol–water partition coefficient (Wildman–Crippen LogP) is 5.89. The summed E-state index contributed by atoms with van der Waals surface area (Å²) in [4.78, 5) is 49.5. The van der Waals surface area contributed by atoms with Crippen molar-refractivity contribution in [2.45, 2.75) is 58.2 Å². The van der Waals surface area contributed by atoms with Gasteiger partial charge >= 0.3 is 0 Å². The number of nitrogens with zero attached hydrogens (tertiary/aromatic N) is 4. The SMILES string of the molecule is COCc1cc(C(=O)Nc2cccc(-c3cccc(-c4ccc(CN5CC(NC(C)=O)C5)c(OC)n4)c3Cl)c2Cl)ncc1CN[C@@H]1CCN(C(C)=O)C[C@@H]1F. The Bertz CT molecular complexity index is 2060. The van der Waals surface area contributed by atoms with Gasteiger partial charge in [-0.15, -0.1) is 0 Å². The Morgan fingerprint density at radius 3 is 2.35 bits per heavy atom. The molecule has 15 heteroatoms. The highest BCUT2D eigenvalue weighted by Crippen LogP contribution is 2.41. The second kappa shape index (κ2) is 17.9. The van der Waals surface area contributed by atoms with E-state index in [-0.39, 0.29) is 41.7 Å². The normalized spacial score (nSPS) is 17.4. The van der Waals surface area contributed by atoms with Crippen molar-refractivity contribution in [3.05, 3.63) is 93.2 Å². The van der Waals surface area contributed by atoms with E-state index < -0.39 is 18.1 Å². The van der Waals surface area contributed by atoms with Gasteiger partial charge in [0, 0.05) is 88.2 Å². The van der Waals surface area contributed by atoms with Crippen LogP contribution in [0.15, 0.2) is 60.8 Å². The molecular weight excluding hydrogens is 748 g/mol. The smallest absolute Gasteiger partial charge is 0.274 e. The van der Waals surface area contributed by atoms with E-state index in [4.69, 9.17) is 37.7 Å². The zero-order chi connectivity index (χ0) is 39.2. The summed E-state index contributed by atoms with van der Waals surface area (Å²) in [7, 11) is 3.13. The monoisotopic (exact) mass is 791 g/mol. The average Bonchev–Trinajstić information content (AvgIpc) is 3.15. The number of pyridine rings is 2. The number of methoxy groups -OCH3 is 2. The Kier molecular flexibility index (Phi) is 13.0. The molecule has 290 valence electrons. The third-order valence-electron chi connectivity index (χ3n) is 9.86. The highest BCUT2D eigenvalue weighted by atomic mass is 35.5. The van der Waals surface area contributed by atoms with E-state index >= 15 is 0 Å². The van der Waals surface area contributed by atoms with Gasteiger partial charge < -0.3 is 30.3 Å². The summed E-state index contributed by atoms with van der Waals surface area (Å²) >= 11 is 14.0. The summed E-state index contributed by atoms with van der Waals surface area (Å²) in [5.41, 5.74) is 5.48. The van der Waals surface area contributed by atoms with E-state index in [2.05, 4.69) is 25.8 Å². The molecule has 2 atom stereocenters. The van der Waals surface area contributed by atoms with Gasteiger partial charge in [0.1, 0.15) is 11.9 Å². The molecule has 0 aliphatic carbocycles. The standard InChI is InChI=1S/C40H44Cl2FN7O5/c1-23(51)46-28-19-49(20-28)18-25-11-12-33(48-40(25)55-4)31-9-5-7-29(37(31)41)30-8-6-10-35(38(30)42)47-39(53)36-15-26(22-54-3)27(17-45-36)16-44-34-13-14-50(24(2)52)21-32(34)43/h5-12,15,17,28,32,34,44H,13-14,16,18-22H2,1-4H3,(H,46,51)(H,47,53)/t32-,34+/m0/s1. The molecule has 3 N–H and O–H groups in total. The number of piperidine rings is 1. The number of aromatic nitrogens is 2. The largest absolute Gasteiger partial charge is 0.481 e. The number of anilines is 1. The number of benzene rings is 2. The summed E-state index contributed by atoms with van der Waals surface area (Å²) in [6.45, 7) is 6.18. The first-order valence-corrected chi connectivity index (χ1v) is 18.7. The number of amides is 3. The molecule has 0 saturated carbocycles. The zero-order valence-corrected chi connectivity index (χ0v) is 32.6. The second-order valence-corrected chi connectivity index (χ2v) is 14.5. The van der Waals surface area contributed by atoms with Gasteiger partial charge in [-0.3, -0.25) is 24.3 Å². The van der Waals surface area contributed by atoms with Crippen molar-refractivity contribution >= 4 is 46.6 Å². The number of halogens is 3. The van der Waals surface area contributed by atoms with Gasteiger partial charge in [0.2, 0.25) is 17.7 Å². The van der Waals surface area contributed by atoms with Crippen LogP contribution in [-0.4, -0.2) is 96.1 Å². The summed E-state index contributed by atoms with van der Waals surface area (Å²) < 4.78 is 25.9. The number of alkyl halides is 1. The molecule has 0 radical (unpaired) electrons. The number of nitrogens with one attached hydrogen (secondary N) is 3. The van der Waals surface area contributed by atoms with Crippen molar-refractivity contribution < 1.29 is 28.2 Å². The molecule has 0 bridgehead atoms. The first kappa shape index (κ1) is 40.0. The molecular formula is C40H44Cl2FN7O5. The average molecular weight is 793 g/mol. The Balaban J connectivity index is 1.15. The molecule has 0 unspecified atom stereocenters. The maximum Gasteiger partial charge on any atom is 0.274 e. The van der Waals surface area contributed by atoms with Crippen molar-refractivity contribution in [2.24, 2.45) is 0 Å². The molecule has 6 rings (SSSR count). The molecule has 2 aromatic carbocycles. The highest BCUT2D eigenvalue weighted by molar-refractivity contribution is 6.39. The van der Waals surface area contributed by atoms with Crippen molar-refractivity contribution in [1.29, 1.82) is 0 Å². The molecule has 2 aliphatic rings. The van der Waals surface area contributed by atoms with Crippen molar-refractivity contribution in [3.8, 4) is 28.3 Å². The third kappa shape index (κ3) is 9.42. The number of rotatable bonds is 13. The third-order valence-corrected chi connectivity index (χ3v) is 10.7. The van der Waals surface area contributed by atoms with E-state index in [1.54, 1.807) is 38.6 Å². The Morgan fingerprint density at radius 1 is 0.927 bits per heavy atom. The van der Waals surface area contributed by atoms with Crippen molar-refractivity contribution in [3.63, 3.8) is 0 Å². The van der Waals surface area contributed by atoms with E-state index in [1.807, 2.05) is 36.4 Å². The quantitative estimate of drug-likeness (QED) is 0.151. The van der Waals surface area contributed by atoms with E-state index in [0.29, 0.717) is 65.0 Å². The van der Waals surface area contributed by atoms with Crippen LogP contribution in [0.2, 0.25) is 10.0 Å². The van der Waals surface area contributed by atoms with Crippen LogP contribution in [0.5, 0.6) is 5.88 Å². The Morgan fingerprint density at radius 2 is 1.65 bits per heavy atom. The van der Waals surface area contributed by atoms with Gasteiger partial charge in [0.25, 0.3) is 5.91 Å². The summed E-state index contributed by atoms with van der Waals surface area (Å²) in [6, 6.07) is 16.1. The molecule has 12 nitrogen and oxygen atoms in total. The van der Waals surface area contributed by atoms with Crippen LogP contribution in [0.25, 0.3) is 22.4 Å². The van der Waals surface area contributed by atoms with E-state index in [1.165, 1.54) is 18.7 Å². The van der Waals surface area contributed by atoms with Crippen LogP contribution < -0.4 is 20.7 Å². The zero-order valence-electron chi connectivity index (χ0n) is 31.1. The van der Waals surface area contributed by atoms with Crippen LogP contribution in [0, 0.1) is 0 Å². The molecule has 4 heterocycles. The van der Waals surface area contributed by atoms with Gasteiger partial charge in [-0.25, -0.2) is 9.37 Å². The van der Waals surface area contributed by atoms with Gasteiger partial charge in [-0.05, 0) is 35.7 Å². The fraction of sp³-hybridized carbons (Fsp3) is 0.375. The van der Waals surface area contributed by atoms with Gasteiger partial charge in [-0.2, -0.15) is 0 Å². The Hall–Kier alpha value is -4.66. The lowest BCUT2D eigenvalue weighted by Crippen LogP contribution is -2.58. The fourth-order valence-electron chi connectivity index (χ4n) is 6.96. The molecule has 0 spiro atoms. The molecule has 3 amide bonds. The van der Waals surface area contributed by atoms with Crippen LogP contribution in [0.4, 0.5) is 10.1 Å². The Labute approximate surface area is 329 Å². The predicted molar refractivity (Wildman–Crippen MR) is 210 cm³/mol. The number of hydrogen-bond acceptors (Lipinski definition) is 9. The van der Waals surface area contributed by atoms with Gasteiger partial charge in [0.05, 0.1) is 47.7 Å². The van der Waals surface area contributed by atoms with Crippen LogP contribution in [0.1, 0.15) is 47.4 Å². The molecule has 4 aromatic rings. The first-order valence-electron chi connectivity index (χ1n) is 18.0. The molecule has 2 fully saturated rings. The van der Waals surface area contributed by atoms with Crippen molar-refractivity contribution in [1.82, 2.24) is 30.4 Å². The number of hydrogen-bond donors (Lipinski definition) is 3. The van der Waals surface area contributed by atoms with Gasteiger partial charge in [0.15, 0.2) is 0 Å². The lowest BCUT2D eigenvalue weighted by Gasteiger charge is -2.39. The maximum absolute atomic E-state index is 14.8. The number of ether oxygens (including phenoxy) is 2. The van der Waals surface area contributed by atoms with Crippen molar-refractivity contribution in [2.75, 3.05) is 45.7 Å². The summed E-state index contributed by atoms with van der Waals surface area (Å²) in [5, 5.41) is 9.78. The topological polar surface area (TPSA) is 138 Å². The van der Waals surface area contributed by atoms with Crippen LogP contribution in [-0.2, 0) is 34.0 Å². The fourth-order valence-corrected chi connectivity index (χ4v) is 7.56. The van der Waals surface area contributed by atoms with Gasteiger partial charge in [-0.1, -0.05) is 59.6 Å². The second-order valence-electron chi connectivity index (χ2n) is 13.8. The minimum Gasteiger partial charge on any atom is -0.481 e. The lowest BCUT2D eigenvalue weighted by molar-refractivity contribution is -0.131. The summed E-state index contributed by atoms with van der Waals surface area (Å²) in [5.74, 6) is -0.165. The lowest BCUT2D eigenvalue weighted by atomic mass is 10.00. The minimum absolute atomic E-state index is 0.0359. The van der Waals surface area contributed by atoms with E-state index in [0.717, 1.165) is 29.8 Å². The van der Waals surface area contributed by atoms with E-state index in [9.17, 15) is 18.8 Å². The maximum atomic E-state index is 14.8. The highest BCUT2D eigenvalue weighted by Gasteiger charge is 2.31. The molecule has 55 heavy (non-hydrogen) atoms. The first-order chi connectivity index (χ1) is 26.4. The molecule has 2 saturated heterocycles. The number of carbonyl (C=O) groups excluding carboxylic acids is 3. The van der Waals surface area contributed by atoms with Crippen LogP contribution >= 0.6 is 23.2 Å². The minimum atomic E-state index is -1.20. The van der Waals surface area contributed by atoms with Crippen LogP contribution in [0.3, 0.4) is 0 Å². The summed E-state index contributed by atoms with van der Waals surface area (Å²) in [6.07, 6.45) is 0.881. The molecule has 2 aliphatic heterocycles.